The molecule has 0 saturated heterocycles. The van der Waals surface area contributed by atoms with Gasteiger partial charge in [0.05, 0.1) is 11.1 Å². The molecule has 1 aliphatic carbocycles. The van der Waals surface area contributed by atoms with Crippen LogP contribution in [0.3, 0.4) is 0 Å². The second-order valence-electron chi connectivity index (χ2n) is 9.26. The van der Waals surface area contributed by atoms with Crippen molar-refractivity contribution in [3.05, 3.63) is 10.4 Å². The Morgan fingerprint density at radius 2 is 1.96 bits per heavy atom. The molecular formula is C20H29N3O2S2. The van der Waals surface area contributed by atoms with Crippen LogP contribution in [0.15, 0.2) is 5.16 Å². The number of thiophene rings is 1. The number of hydrogen-bond acceptors (Lipinski definition) is 7. The van der Waals surface area contributed by atoms with E-state index in [0.717, 1.165) is 23.1 Å². The minimum absolute atomic E-state index is 0.180. The minimum Gasteiger partial charge on any atom is -0.459 e. The van der Waals surface area contributed by atoms with Gasteiger partial charge >= 0.3 is 5.97 Å². The SMILES string of the molecule is CC(C)(C)OC(=O)CSc1nc(N)c2c3c(sc2n1)CC(C(C)(C)C)CC3. The van der Waals surface area contributed by atoms with Crippen molar-refractivity contribution in [2.24, 2.45) is 11.3 Å². The van der Waals surface area contributed by atoms with Crippen molar-refractivity contribution < 1.29 is 9.53 Å². The summed E-state index contributed by atoms with van der Waals surface area (Å²) in [6.45, 7) is 12.5. The van der Waals surface area contributed by atoms with Crippen molar-refractivity contribution in [3.63, 3.8) is 0 Å². The Morgan fingerprint density at radius 1 is 1.26 bits per heavy atom. The van der Waals surface area contributed by atoms with E-state index in [1.54, 1.807) is 11.3 Å². The molecule has 1 atom stereocenters. The van der Waals surface area contributed by atoms with Crippen LogP contribution in [0.5, 0.6) is 0 Å². The molecule has 0 saturated carbocycles. The normalized spacial score (nSPS) is 17.8. The molecule has 2 aromatic rings. The van der Waals surface area contributed by atoms with Gasteiger partial charge in [0, 0.05) is 4.88 Å². The predicted molar refractivity (Wildman–Crippen MR) is 113 cm³/mol. The van der Waals surface area contributed by atoms with Gasteiger partial charge in [0.1, 0.15) is 16.2 Å². The lowest BCUT2D eigenvalue weighted by Gasteiger charge is -2.33. The van der Waals surface area contributed by atoms with Gasteiger partial charge in [-0.2, -0.15) is 0 Å². The van der Waals surface area contributed by atoms with Crippen LogP contribution >= 0.6 is 23.1 Å². The van der Waals surface area contributed by atoms with Crippen LogP contribution in [0.2, 0.25) is 0 Å². The molecule has 0 aromatic carbocycles. The molecule has 2 heterocycles. The van der Waals surface area contributed by atoms with E-state index in [1.165, 1.54) is 28.6 Å². The van der Waals surface area contributed by atoms with E-state index in [9.17, 15) is 4.79 Å². The van der Waals surface area contributed by atoms with Crippen LogP contribution in [-0.4, -0.2) is 27.3 Å². The molecule has 0 spiro atoms. The summed E-state index contributed by atoms with van der Waals surface area (Å²) in [4.78, 5) is 23.4. The van der Waals surface area contributed by atoms with E-state index in [1.807, 2.05) is 20.8 Å². The topological polar surface area (TPSA) is 78.1 Å². The Morgan fingerprint density at radius 3 is 2.59 bits per heavy atom. The molecule has 0 aliphatic heterocycles. The number of carbonyl (C=O) groups excluding carboxylic acids is 1. The van der Waals surface area contributed by atoms with Gasteiger partial charge in [0.15, 0.2) is 5.16 Å². The number of thioether (sulfide) groups is 1. The standard InChI is InChI=1S/C20H29N3O2S2/c1-19(2,3)11-7-8-12-13(9-11)27-17-15(12)16(21)22-18(23-17)26-10-14(24)25-20(4,5)6/h11H,7-10H2,1-6H3,(H2,21,22,23). The Kier molecular flexibility index (Phi) is 5.47. The monoisotopic (exact) mass is 407 g/mol. The van der Waals surface area contributed by atoms with Gasteiger partial charge in [-0.3, -0.25) is 4.79 Å². The first-order valence-electron chi connectivity index (χ1n) is 9.36. The van der Waals surface area contributed by atoms with Gasteiger partial charge in [0.25, 0.3) is 0 Å². The van der Waals surface area contributed by atoms with Crippen LogP contribution in [0.1, 0.15) is 58.4 Å². The fraction of sp³-hybridized carbons (Fsp3) is 0.650. The number of nitrogen functional groups attached to an aromatic ring is 1. The number of hydrogen-bond donors (Lipinski definition) is 1. The molecule has 148 valence electrons. The van der Waals surface area contributed by atoms with E-state index in [2.05, 4.69) is 30.7 Å². The molecule has 0 fully saturated rings. The van der Waals surface area contributed by atoms with Crippen LogP contribution < -0.4 is 5.73 Å². The Hall–Kier alpha value is -1.34. The summed E-state index contributed by atoms with van der Waals surface area (Å²) < 4.78 is 5.34. The summed E-state index contributed by atoms with van der Waals surface area (Å²) in [6.07, 6.45) is 3.30. The average Bonchev–Trinajstić information content (AvgIpc) is 2.88. The van der Waals surface area contributed by atoms with Gasteiger partial charge in [-0.15, -0.1) is 11.3 Å². The molecule has 7 heteroatoms. The maximum Gasteiger partial charge on any atom is 0.316 e. The third kappa shape index (κ3) is 4.74. The van der Waals surface area contributed by atoms with E-state index in [-0.39, 0.29) is 11.7 Å². The number of nitrogens with zero attached hydrogens (tertiary/aromatic N) is 2. The van der Waals surface area contributed by atoms with Crippen LogP contribution in [0.25, 0.3) is 10.2 Å². The fourth-order valence-corrected chi connectivity index (χ4v) is 5.47. The highest BCUT2D eigenvalue weighted by molar-refractivity contribution is 7.99. The van der Waals surface area contributed by atoms with Gasteiger partial charge in [-0.1, -0.05) is 32.5 Å². The number of ether oxygens (including phenoxy) is 1. The highest BCUT2D eigenvalue weighted by Crippen LogP contribution is 2.44. The van der Waals surface area contributed by atoms with Crippen molar-refractivity contribution >= 4 is 45.1 Å². The molecule has 2 N–H and O–H groups in total. The zero-order chi connectivity index (χ0) is 20.0. The smallest absolute Gasteiger partial charge is 0.316 e. The number of rotatable bonds is 3. The van der Waals surface area contributed by atoms with E-state index in [4.69, 9.17) is 10.5 Å². The molecule has 0 amide bonds. The molecule has 0 bridgehead atoms. The first kappa shape index (κ1) is 20.4. The summed E-state index contributed by atoms with van der Waals surface area (Å²) >= 11 is 3.01. The van der Waals surface area contributed by atoms with Crippen molar-refractivity contribution in [1.29, 1.82) is 0 Å². The maximum absolute atomic E-state index is 11.9. The highest BCUT2D eigenvalue weighted by atomic mass is 32.2. The Bertz CT molecular complexity index is 863. The number of nitrogens with two attached hydrogens (primary N) is 1. The lowest BCUT2D eigenvalue weighted by molar-refractivity contribution is -0.151. The largest absolute Gasteiger partial charge is 0.459 e. The minimum atomic E-state index is -0.488. The summed E-state index contributed by atoms with van der Waals surface area (Å²) in [5, 5.41) is 1.56. The van der Waals surface area contributed by atoms with Gasteiger partial charge < -0.3 is 10.5 Å². The number of aromatic nitrogens is 2. The molecule has 27 heavy (non-hydrogen) atoms. The van der Waals surface area contributed by atoms with E-state index in [0.29, 0.717) is 22.3 Å². The van der Waals surface area contributed by atoms with E-state index < -0.39 is 5.60 Å². The van der Waals surface area contributed by atoms with Crippen LogP contribution in [0.4, 0.5) is 5.82 Å². The Balaban J connectivity index is 1.81. The highest BCUT2D eigenvalue weighted by Gasteiger charge is 2.31. The second kappa shape index (κ2) is 7.24. The molecule has 5 nitrogen and oxygen atoms in total. The molecule has 2 aromatic heterocycles. The van der Waals surface area contributed by atoms with E-state index >= 15 is 0 Å². The number of fused-ring (bicyclic) bond motifs is 3. The van der Waals surface area contributed by atoms with Crippen molar-refractivity contribution in [2.45, 2.75) is 71.6 Å². The number of anilines is 1. The van der Waals surface area contributed by atoms with Gasteiger partial charge in [0.2, 0.25) is 0 Å². The van der Waals surface area contributed by atoms with Crippen molar-refractivity contribution in [1.82, 2.24) is 9.97 Å². The first-order valence-corrected chi connectivity index (χ1v) is 11.2. The third-order valence-corrected chi connectivity index (χ3v) is 6.85. The zero-order valence-electron chi connectivity index (χ0n) is 17.0. The summed E-state index contributed by atoms with van der Waals surface area (Å²) in [5.41, 5.74) is 7.43. The third-order valence-electron chi connectivity index (χ3n) is 4.88. The second-order valence-corrected chi connectivity index (χ2v) is 11.3. The lowest BCUT2D eigenvalue weighted by atomic mass is 9.72. The fourth-order valence-electron chi connectivity index (χ4n) is 3.48. The first-order chi connectivity index (χ1) is 12.4. The maximum atomic E-state index is 11.9. The van der Waals surface area contributed by atoms with Crippen molar-refractivity contribution in [3.8, 4) is 0 Å². The Labute approximate surface area is 169 Å². The molecule has 0 radical (unpaired) electrons. The predicted octanol–water partition coefficient (Wildman–Crippen LogP) is 4.86. The van der Waals surface area contributed by atoms with Gasteiger partial charge in [-0.25, -0.2) is 9.97 Å². The molecule has 1 aliphatic rings. The number of esters is 1. The number of aryl methyl sites for hydroxylation is 1. The van der Waals surface area contributed by atoms with Crippen LogP contribution in [0, 0.1) is 11.3 Å². The molecular weight excluding hydrogens is 378 g/mol. The number of carbonyl (C=O) groups is 1. The van der Waals surface area contributed by atoms with Gasteiger partial charge in [-0.05, 0) is 56.9 Å². The summed E-state index contributed by atoms with van der Waals surface area (Å²) in [7, 11) is 0. The molecule has 1 unspecified atom stereocenters. The average molecular weight is 408 g/mol. The lowest BCUT2D eigenvalue weighted by Crippen LogP contribution is -2.26. The summed E-state index contributed by atoms with van der Waals surface area (Å²) in [6, 6.07) is 0. The quantitative estimate of drug-likeness (QED) is 0.445. The molecule has 3 rings (SSSR count). The van der Waals surface area contributed by atoms with Crippen LogP contribution in [-0.2, 0) is 22.4 Å². The zero-order valence-corrected chi connectivity index (χ0v) is 18.6. The summed E-state index contributed by atoms with van der Waals surface area (Å²) in [5.74, 6) is 1.11. The van der Waals surface area contributed by atoms with Crippen molar-refractivity contribution in [2.75, 3.05) is 11.5 Å².